The first-order valence-corrected chi connectivity index (χ1v) is 17.3. The highest BCUT2D eigenvalue weighted by atomic mass is 35.5. The maximum absolute atomic E-state index is 11.4. The molecule has 1 aliphatic rings. The third-order valence-electron chi connectivity index (χ3n) is 5.82. The molecule has 0 saturated heterocycles. The number of thiazole rings is 1. The minimum Gasteiger partial charge on any atom is -0.335 e. The van der Waals surface area contributed by atoms with Gasteiger partial charge >= 0.3 is 0 Å². The fourth-order valence-corrected chi connectivity index (χ4v) is 8.76. The summed E-state index contributed by atoms with van der Waals surface area (Å²) in [6.07, 6.45) is 2.48. The molecule has 0 spiro atoms. The average Bonchev–Trinajstić information content (AvgIpc) is 3.48. The number of benzene rings is 2. The Kier molecular flexibility index (Phi) is 7.59. The van der Waals surface area contributed by atoms with Crippen LogP contribution in [0.4, 0.5) is 5.69 Å². The van der Waals surface area contributed by atoms with E-state index in [4.69, 9.17) is 11.6 Å². The number of nitrogens with zero attached hydrogens (tertiary/aromatic N) is 2. The van der Waals surface area contributed by atoms with Crippen molar-refractivity contribution in [2.75, 3.05) is 23.0 Å². The summed E-state index contributed by atoms with van der Waals surface area (Å²) in [6.45, 7) is 0.747. The standard InChI is InChI=1S/C23H21ClN2O6S5/c24-16-4-6-18-17(13-16)25(8-1-11-36(27,28)29)20(34-18)14-21-26(9-2-12-37(30,31)32)22-19(35-21)5-3-15-7-10-33-23(15)22/h3-7,10,13-14H,1-2,8-9,11-12H2,(H-,27,28,29,30,31,32)/p+1. The Morgan fingerprint density at radius 2 is 1.76 bits per heavy atom. The van der Waals surface area contributed by atoms with E-state index in [1.165, 1.54) is 11.8 Å². The highest BCUT2D eigenvalue weighted by Gasteiger charge is 2.29. The van der Waals surface area contributed by atoms with Crippen molar-refractivity contribution in [2.24, 2.45) is 0 Å². The molecular weight excluding hydrogens is 596 g/mol. The maximum Gasteiger partial charge on any atom is 0.265 e. The molecule has 0 amide bonds. The van der Waals surface area contributed by atoms with Crippen LogP contribution in [0.15, 0.2) is 51.7 Å². The van der Waals surface area contributed by atoms with Gasteiger partial charge < -0.3 is 4.90 Å². The number of halogens is 1. The first-order chi connectivity index (χ1) is 17.5. The molecule has 3 heterocycles. The number of aromatic nitrogens is 1. The normalized spacial score (nSPS) is 15.3. The molecule has 2 N–H and O–H groups in total. The third kappa shape index (κ3) is 6.14. The Morgan fingerprint density at radius 1 is 1.00 bits per heavy atom. The van der Waals surface area contributed by atoms with E-state index >= 15 is 0 Å². The van der Waals surface area contributed by atoms with Gasteiger partial charge in [-0.2, -0.15) is 21.4 Å². The number of rotatable bonds is 9. The van der Waals surface area contributed by atoms with Gasteiger partial charge in [0.15, 0.2) is 6.54 Å². The molecule has 5 rings (SSSR count). The molecule has 0 atom stereocenters. The molecule has 2 aromatic carbocycles. The van der Waals surface area contributed by atoms with Crippen molar-refractivity contribution in [3.8, 4) is 0 Å². The third-order valence-corrected chi connectivity index (χ3v) is 10.8. The zero-order valence-electron chi connectivity index (χ0n) is 19.2. The fraction of sp³-hybridized carbons (Fsp3) is 0.261. The smallest absolute Gasteiger partial charge is 0.265 e. The zero-order valence-corrected chi connectivity index (χ0v) is 24.0. The monoisotopic (exact) mass is 617 g/mol. The Balaban J connectivity index is 1.58. The molecule has 0 bridgehead atoms. The van der Waals surface area contributed by atoms with E-state index in [0.717, 1.165) is 40.9 Å². The lowest BCUT2D eigenvalue weighted by molar-refractivity contribution is -0.667. The van der Waals surface area contributed by atoms with E-state index in [1.807, 2.05) is 34.6 Å². The van der Waals surface area contributed by atoms with Gasteiger partial charge in [-0.1, -0.05) is 40.8 Å². The first-order valence-electron chi connectivity index (χ1n) is 11.2. The van der Waals surface area contributed by atoms with Crippen LogP contribution in [0.2, 0.25) is 5.02 Å². The van der Waals surface area contributed by atoms with Gasteiger partial charge in [0.1, 0.15) is 9.40 Å². The predicted octanol–water partition coefficient (Wildman–Crippen LogP) is 5.52. The molecule has 0 radical (unpaired) electrons. The molecule has 0 saturated carbocycles. The summed E-state index contributed by atoms with van der Waals surface area (Å²) in [6, 6.07) is 11.7. The number of anilines is 1. The summed E-state index contributed by atoms with van der Waals surface area (Å²) in [5.74, 6) is -0.694. The Bertz CT molecular complexity index is 1740. The van der Waals surface area contributed by atoms with Gasteiger partial charge in [0.2, 0.25) is 5.52 Å². The van der Waals surface area contributed by atoms with Crippen LogP contribution in [-0.4, -0.2) is 44.0 Å². The number of aryl methyl sites for hydroxylation is 1. The van der Waals surface area contributed by atoms with Crippen LogP contribution in [0.25, 0.3) is 26.4 Å². The van der Waals surface area contributed by atoms with Crippen molar-refractivity contribution in [3.63, 3.8) is 0 Å². The Morgan fingerprint density at radius 3 is 2.51 bits per heavy atom. The van der Waals surface area contributed by atoms with E-state index < -0.39 is 20.2 Å². The molecule has 0 unspecified atom stereocenters. The van der Waals surface area contributed by atoms with Crippen molar-refractivity contribution in [2.45, 2.75) is 24.3 Å². The predicted molar refractivity (Wildman–Crippen MR) is 152 cm³/mol. The van der Waals surface area contributed by atoms with Gasteiger partial charge in [-0.05, 0) is 47.5 Å². The van der Waals surface area contributed by atoms with Crippen molar-refractivity contribution in [3.05, 3.63) is 56.8 Å². The van der Waals surface area contributed by atoms with Crippen LogP contribution in [-0.2, 0) is 26.8 Å². The summed E-state index contributed by atoms with van der Waals surface area (Å²) >= 11 is 11.0. The van der Waals surface area contributed by atoms with Gasteiger partial charge in [-0.15, -0.1) is 11.3 Å². The van der Waals surface area contributed by atoms with Gasteiger partial charge in [-0.3, -0.25) is 9.11 Å². The van der Waals surface area contributed by atoms with Crippen molar-refractivity contribution < 1.29 is 30.5 Å². The quantitative estimate of drug-likeness (QED) is 0.186. The Labute approximate surface area is 231 Å². The largest absolute Gasteiger partial charge is 0.335 e. The molecule has 14 heteroatoms. The number of hydrogen-bond donors (Lipinski definition) is 2. The van der Waals surface area contributed by atoms with Crippen LogP contribution < -0.4 is 9.47 Å². The average molecular weight is 618 g/mol. The van der Waals surface area contributed by atoms with Crippen molar-refractivity contribution in [1.82, 2.24) is 0 Å². The Hall–Kier alpha value is -1.71. The number of thiophene rings is 1. The van der Waals surface area contributed by atoms with Crippen LogP contribution in [0.3, 0.4) is 0 Å². The second-order valence-corrected chi connectivity index (χ2v) is 15.1. The molecule has 2 aromatic heterocycles. The van der Waals surface area contributed by atoms with E-state index in [1.54, 1.807) is 28.7 Å². The summed E-state index contributed by atoms with van der Waals surface area (Å²) in [4.78, 5) is 2.97. The first kappa shape index (κ1) is 26.9. The van der Waals surface area contributed by atoms with Crippen LogP contribution in [0, 0.1) is 0 Å². The van der Waals surface area contributed by atoms with Crippen LogP contribution >= 0.6 is 46.0 Å². The minimum absolute atomic E-state index is 0.222. The van der Waals surface area contributed by atoms with E-state index in [0.29, 0.717) is 18.1 Å². The number of fused-ring (bicyclic) bond motifs is 4. The topological polar surface area (TPSA) is 116 Å². The lowest BCUT2D eigenvalue weighted by Gasteiger charge is -2.20. The molecule has 1 aliphatic heterocycles. The zero-order chi connectivity index (χ0) is 26.4. The summed E-state index contributed by atoms with van der Waals surface area (Å²) in [5, 5.41) is 5.44. The lowest BCUT2D eigenvalue weighted by Crippen LogP contribution is -2.36. The molecule has 8 nitrogen and oxygen atoms in total. The van der Waals surface area contributed by atoms with Gasteiger partial charge in [0.05, 0.1) is 28.3 Å². The maximum atomic E-state index is 11.4. The molecule has 37 heavy (non-hydrogen) atoms. The molecular formula is C23H22ClN2O6S5+. The minimum atomic E-state index is -4.09. The molecule has 0 aliphatic carbocycles. The second kappa shape index (κ2) is 10.5. The van der Waals surface area contributed by atoms with E-state index in [9.17, 15) is 25.9 Å². The van der Waals surface area contributed by atoms with E-state index in [2.05, 4.69) is 16.7 Å². The lowest BCUT2D eigenvalue weighted by atomic mass is 10.2. The summed E-state index contributed by atoms with van der Waals surface area (Å²) in [7, 11) is -8.17. The summed E-state index contributed by atoms with van der Waals surface area (Å²) < 4.78 is 68.1. The molecule has 0 fully saturated rings. The SMILES string of the molecule is O=S(=O)(O)CCCN1C(=Cc2sc3ccc4ccsc4c3[n+]2CCCS(=O)(=O)O)Sc2ccc(Cl)cc21. The van der Waals surface area contributed by atoms with Crippen molar-refractivity contribution >= 4 is 98.3 Å². The number of hydrogen-bond acceptors (Lipinski definition) is 8. The molecule has 196 valence electrons. The van der Waals surface area contributed by atoms with Crippen molar-refractivity contribution in [1.29, 1.82) is 0 Å². The van der Waals surface area contributed by atoms with Crippen LogP contribution in [0.1, 0.15) is 17.8 Å². The molecule has 4 aromatic rings. The van der Waals surface area contributed by atoms with Gasteiger partial charge in [0.25, 0.3) is 25.2 Å². The van der Waals surface area contributed by atoms with E-state index in [-0.39, 0.29) is 24.3 Å². The van der Waals surface area contributed by atoms with Crippen LogP contribution in [0.5, 0.6) is 0 Å². The van der Waals surface area contributed by atoms with Gasteiger partial charge in [-0.25, -0.2) is 0 Å². The second-order valence-electron chi connectivity index (χ2n) is 8.47. The number of thioether (sulfide) groups is 1. The highest BCUT2D eigenvalue weighted by Crippen LogP contribution is 2.48. The fourth-order valence-electron chi connectivity index (χ4n) is 4.27. The van der Waals surface area contributed by atoms with Gasteiger partial charge in [0, 0.05) is 22.9 Å². The summed E-state index contributed by atoms with van der Waals surface area (Å²) in [5.41, 5.74) is 1.87. The highest BCUT2D eigenvalue weighted by molar-refractivity contribution is 8.04.